The lowest BCUT2D eigenvalue weighted by Gasteiger charge is -2.36. The van der Waals surface area contributed by atoms with E-state index in [2.05, 4.69) is 37.8 Å². The van der Waals surface area contributed by atoms with Crippen LogP contribution in [0.5, 0.6) is 0 Å². The van der Waals surface area contributed by atoms with Crippen molar-refractivity contribution in [2.45, 2.75) is 33.4 Å². The van der Waals surface area contributed by atoms with Crippen molar-refractivity contribution in [2.24, 2.45) is 0 Å². The zero-order valence-electron chi connectivity index (χ0n) is 9.75. The summed E-state index contributed by atoms with van der Waals surface area (Å²) in [6.07, 6.45) is -0.101. The topological polar surface area (TPSA) is 23.5 Å². The highest BCUT2D eigenvalue weighted by atomic mass is 16.3. The molecule has 82 valence electrons. The number of rotatable bonds is 2. The van der Waals surface area contributed by atoms with Crippen LogP contribution in [-0.4, -0.2) is 29.2 Å². The molecular weight excluding hydrogens is 186 g/mol. The van der Waals surface area contributed by atoms with Crippen LogP contribution >= 0.6 is 0 Å². The molecule has 1 aromatic carbocycles. The maximum atomic E-state index is 9.24. The van der Waals surface area contributed by atoms with Gasteiger partial charge in [-0.25, -0.2) is 0 Å². The number of hydrogen-bond donors (Lipinski definition) is 1. The van der Waals surface area contributed by atoms with E-state index >= 15 is 0 Å². The third-order valence-corrected chi connectivity index (χ3v) is 3.16. The predicted molar refractivity (Wildman–Crippen MR) is 61.9 cm³/mol. The molecule has 0 unspecified atom stereocenters. The van der Waals surface area contributed by atoms with Crippen LogP contribution in [0.1, 0.15) is 22.3 Å². The van der Waals surface area contributed by atoms with E-state index in [1.54, 1.807) is 0 Å². The lowest BCUT2D eigenvalue weighted by atomic mass is 9.98. The van der Waals surface area contributed by atoms with E-state index in [0.29, 0.717) is 0 Å². The number of likely N-dealkylation sites (tertiary alicyclic amines) is 1. The molecule has 1 fully saturated rings. The lowest BCUT2D eigenvalue weighted by molar-refractivity contribution is -0.00307. The smallest absolute Gasteiger partial charge is 0.0794 e. The molecule has 0 atom stereocenters. The van der Waals surface area contributed by atoms with Crippen LogP contribution in [0.25, 0.3) is 0 Å². The van der Waals surface area contributed by atoms with Crippen molar-refractivity contribution in [1.29, 1.82) is 0 Å². The molecule has 0 aromatic heterocycles. The van der Waals surface area contributed by atoms with Gasteiger partial charge in [0, 0.05) is 19.6 Å². The molecule has 2 heteroatoms. The number of aliphatic hydroxyl groups is 1. The number of benzene rings is 1. The van der Waals surface area contributed by atoms with Gasteiger partial charge in [0.15, 0.2) is 0 Å². The molecule has 2 nitrogen and oxygen atoms in total. The SMILES string of the molecule is Cc1cc(C)c(CN2CC(O)C2)c(C)c1. The molecule has 0 saturated carbocycles. The lowest BCUT2D eigenvalue weighted by Crippen LogP contribution is -2.50. The highest BCUT2D eigenvalue weighted by molar-refractivity contribution is 5.37. The van der Waals surface area contributed by atoms with Gasteiger partial charge < -0.3 is 5.11 Å². The zero-order valence-corrected chi connectivity index (χ0v) is 9.75. The Labute approximate surface area is 91.5 Å². The Morgan fingerprint density at radius 1 is 1.20 bits per heavy atom. The van der Waals surface area contributed by atoms with Crippen molar-refractivity contribution >= 4 is 0 Å². The Morgan fingerprint density at radius 2 is 1.73 bits per heavy atom. The molecule has 1 heterocycles. The molecule has 0 radical (unpaired) electrons. The van der Waals surface area contributed by atoms with Gasteiger partial charge in [-0.2, -0.15) is 0 Å². The van der Waals surface area contributed by atoms with E-state index in [1.165, 1.54) is 22.3 Å². The molecule has 1 aliphatic rings. The van der Waals surface area contributed by atoms with E-state index in [1.807, 2.05) is 0 Å². The van der Waals surface area contributed by atoms with Crippen molar-refractivity contribution in [1.82, 2.24) is 4.90 Å². The largest absolute Gasteiger partial charge is 0.390 e. The van der Waals surface area contributed by atoms with E-state index in [-0.39, 0.29) is 6.10 Å². The molecule has 1 aliphatic heterocycles. The van der Waals surface area contributed by atoms with E-state index in [4.69, 9.17) is 0 Å². The summed E-state index contributed by atoms with van der Waals surface area (Å²) < 4.78 is 0. The van der Waals surface area contributed by atoms with E-state index in [9.17, 15) is 5.11 Å². The monoisotopic (exact) mass is 205 g/mol. The molecule has 0 spiro atoms. The number of aliphatic hydroxyl groups excluding tert-OH is 1. The van der Waals surface area contributed by atoms with Crippen molar-refractivity contribution in [3.8, 4) is 0 Å². The summed E-state index contributed by atoms with van der Waals surface area (Å²) in [5.41, 5.74) is 5.49. The minimum atomic E-state index is -0.101. The summed E-state index contributed by atoms with van der Waals surface area (Å²) in [5, 5.41) is 9.24. The Hall–Kier alpha value is -0.860. The molecule has 15 heavy (non-hydrogen) atoms. The Balaban J connectivity index is 2.14. The van der Waals surface area contributed by atoms with Crippen molar-refractivity contribution in [2.75, 3.05) is 13.1 Å². The van der Waals surface area contributed by atoms with E-state index < -0.39 is 0 Å². The standard InChI is InChI=1S/C13H19NO/c1-9-4-10(2)13(11(3)5-9)8-14-6-12(15)7-14/h4-5,12,15H,6-8H2,1-3H3. The molecule has 2 rings (SSSR count). The second-order valence-electron chi connectivity index (χ2n) is 4.73. The third kappa shape index (κ3) is 2.21. The summed E-state index contributed by atoms with van der Waals surface area (Å²) in [6, 6.07) is 4.47. The maximum absolute atomic E-state index is 9.24. The molecule has 1 saturated heterocycles. The first-order chi connectivity index (χ1) is 7.06. The average Bonchev–Trinajstić information content (AvgIpc) is 2.07. The quantitative estimate of drug-likeness (QED) is 0.795. The van der Waals surface area contributed by atoms with Crippen LogP contribution in [0, 0.1) is 20.8 Å². The van der Waals surface area contributed by atoms with Crippen molar-refractivity contribution in [3.63, 3.8) is 0 Å². The van der Waals surface area contributed by atoms with Crippen molar-refractivity contribution in [3.05, 3.63) is 34.4 Å². The van der Waals surface area contributed by atoms with Crippen LogP contribution in [0.3, 0.4) is 0 Å². The predicted octanol–water partition coefficient (Wildman–Crippen LogP) is 1.79. The first-order valence-electron chi connectivity index (χ1n) is 5.53. The van der Waals surface area contributed by atoms with Crippen LogP contribution in [0.15, 0.2) is 12.1 Å². The third-order valence-electron chi connectivity index (χ3n) is 3.16. The molecule has 0 bridgehead atoms. The fourth-order valence-electron chi connectivity index (χ4n) is 2.35. The second kappa shape index (κ2) is 3.95. The summed E-state index contributed by atoms with van der Waals surface area (Å²) in [4.78, 5) is 2.29. The Bertz CT molecular complexity index is 344. The summed E-state index contributed by atoms with van der Waals surface area (Å²) in [7, 11) is 0. The van der Waals surface area contributed by atoms with Crippen LogP contribution in [0.2, 0.25) is 0 Å². The first-order valence-corrected chi connectivity index (χ1v) is 5.53. The van der Waals surface area contributed by atoms with Gasteiger partial charge in [0.25, 0.3) is 0 Å². The fourth-order valence-corrected chi connectivity index (χ4v) is 2.35. The van der Waals surface area contributed by atoms with Gasteiger partial charge in [0.1, 0.15) is 0 Å². The summed E-state index contributed by atoms with van der Waals surface area (Å²) in [6.45, 7) is 9.11. The highest BCUT2D eigenvalue weighted by Gasteiger charge is 2.24. The number of β-amino-alcohol motifs (C(OH)–C–C–N with tert-alkyl or cyclic N) is 1. The van der Waals surface area contributed by atoms with Gasteiger partial charge in [-0.3, -0.25) is 4.90 Å². The Kier molecular flexibility index (Phi) is 2.81. The normalized spacial score (nSPS) is 17.9. The minimum Gasteiger partial charge on any atom is -0.390 e. The summed E-state index contributed by atoms with van der Waals surface area (Å²) >= 11 is 0. The summed E-state index contributed by atoms with van der Waals surface area (Å²) in [5.74, 6) is 0. The van der Waals surface area contributed by atoms with Crippen LogP contribution in [0.4, 0.5) is 0 Å². The molecule has 1 aromatic rings. The number of hydrogen-bond acceptors (Lipinski definition) is 2. The maximum Gasteiger partial charge on any atom is 0.0794 e. The number of nitrogens with zero attached hydrogens (tertiary/aromatic N) is 1. The van der Waals surface area contributed by atoms with Gasteiger partial charge in [-0.1, -0.05) is 17.7 Å². The molecule has 0 aliphatic carbocycles. The fraction of sp³-hybridized carbons (Fsp3) is 0.538. The molecular formula is C13H19NO. The van der Waals surface area contributed by atoms with Gasteiger partial charge in [-0.15, -0.1) is 0 Å². The first kappa shape index (κ1) is 10.7. The molecule has 0 amide bonds. The van der Waals surface area contributed by atoms with Gasteiger partial charge >= 0.3 is 0 Å². The average molecular weight is 205 g/mol. The van der Waals surface area contributed by atoms with E-state index in [0.717, 1.165) is 19.6 Å². The van der Waals surface area contributed by atoms with Crippen molar-refractivity contribution < 1.29 is 5.11 Å². The van der Waals surface area contributed by atoms with Crippen LogP contribution in [-0.2, 0) is 6.54 Å². The Morgan fingerprint density at radius 3 is 2.20 bits per heavy atom. The minimum absolute atomic E-state index is 0.101. The zero-order chi connectivity index (χ0) is 11.0. The van der Waals surface area contributed by atoms with Crippen LogP contribution < -0.4 is 0 Å². The van der Waals surface area contributed by atoms with Gasteiger partial charge in [0.2, 0.25) is 0 Å². The second-order valence-corrected chi connectivity index (χ2v) is 4.73. The molecule has 1 N–H and O–H groups in total. The highest BCUT2D eigenvalue weighted by Crippen LogP contribution is 2.20. The van der Waals surface area contributed by atoms with Gasteiger partial charge in [-0.05, 0) is 37.5 Å². The van der Waals surface area contributed by atoms with Gasteiger partial charge in [0.05, 0.1) is 6.10 Å². The number of aryl methyl sites for hydroxylation is 3.